The van der Waals surface area contributed by atoms with Crippen LogP contribution in [0.1, 0.15) is 30.5 Å². The maximum absolute atomic E-state index is 6.14. The molecule has 19 heavy (non-hydrogen) atoms. The van der Waals surface area contributed by atoms with Gasteiger partial charge in [-0.2, -0.15) is 0 Å². The Labute approximate surface area is 115 Å². The Balaban J connectivity index is 1.90. The molecule has 0 amide bonds. The summed E-state index contributed by atoms with van der Waals surface area (Å²) >= 11 is 0. The van der Waals surface area contributed by atoms with E-state index in [1.807, 2.05) is 30.3 Å². The van der Waals surface area contributed by atoms with Gasteiger partial charge < -0.3 is 10.5 Å². The van der Waals surface area contributed by atoms with Crippen LogP contribution in [0.15, 0.2) is 54.6 Å². The second-order valence-electron chi connectivity index (χ2n) is 4.72. The van der Waals surface area contributed by atoms with E-state index in [-0.39, 0.29) is 6.04 Å². The monoisotopic (exact) mass is 255 g/mol. The highest BCUT2D eigenvalue weighted by atomic mass is 16.5. The van der Waals surface area contributed by atoms with Crippen molar-refractivity contribution in [2.75, 3.05) is 6.61 Å². The Kier molecular flexibility index (Phi) is 4.99. The summed E-state index contributed by atoms with van der Waals surface area (Å²) in [4.78, 5) is 0. The molecular formula is C17H21NO. The Bertz CT molecular complexity index is 478. The van der Waals surface area contributed by atoms with Crippen LogP contribution < -0.4 is 10.5 Å². The van der Waals surface area contributed by atoms with Crippen molar-refractivity contribution in [3.05, 3.63) is 65.7 Å². The predicted molar refractivity (Wildman–Crippen MR) is 79.3 cm³/mol. The van der Waals surface area contributed by atoms with Crippen LogP contribution in [0.5, 0.6) is 5.75 Å². The van der Waals surface area contributed by atoms with Crippen molar-refractivity contribution in [2.24, 2.45) is 5.73 Å². The molecule has 0 aliphatic carbocycles. The molecule has 0 aliphatic rings. The van der Waals surface area contributed by atoms with Crippen molar-refractivity contribution in [3.8, 4) is 5.75 Å². The number of hydrogen-bond acceptors (Lipinski definition) is 2. The third-order valence-electron chi connectivity index (χ3n) is 3.12. The second kappa shape index (κ2) is 6.95. The van der Waals surface area contributed by atoms with Gasteiger partial charge in [0.2, 0.25) is 0 Å². The SMILES string of the molecule is CCCc1ccc(C(N)COc2ccccc2)cc1. The van der Waals surface area contributed by atoms with Crippen molar-refractivity contribution >= 4 is 0 Å². The van der Waals surface area contributed by atoms with Crippen LogP contribution in [0.4, 0.5) is 0 Å². The van der Waals surface area contributed by atoms with E-state index in [9.17, 15) is 0 Å². The molecule has 0 saturated heterocycles. The topological polar surface area (TPSA) is 35.2 Å². The molecule has 2 aromatic rings. The number of aryl methyl sites for hydroxylation is 1. The molecule has 0 aromatic heterocycles. The highest BCUT2D eigenvalue weighted by Crippen LogP contribution is 2.15. The fraction of sp³-hybridized carbons (Fsp3) is 0.294. The Morgan fingerprint density at radius 1 is 1.00 bits per heavy atom. The molecule has 0 bridgehead atoms. The fourth-order valence-corrected chi connectivity index (χ4v) is 2.02. The quantitative estimate of drug-likeness (QED) is 0.854. The van der Waals surface area contributed by atoms with Gasteiger partial charge in [0, 0.05) is 0 Å². The molecule has 2 rings (SSSR count). The van der Waals surface area contributed by atoms with Gasteiger partial charge in [0.15, 0.2) is 0 Å². The fourth-order valence-electron chi connectivity index (χ4n) is 2.02. The summed E-state index contributed by atoms with van der Waals surface area (Å²) in [6.45, 7) is 2.69. The minimum absolute atomic E-state index is 0.0871. The molecule has 0 fully saturated rings. The van der Waals surface area contributed by atoms with E-state index in [4.69, 9.17) is 10.5 Å². The lowest BCUT2D eigenvalue weighted by Crippen LogP contribution is -2.18. The zero-order chi connectivity index (χ0) is 13.5. The van der Waals surface area contributed by atoms with Gasteiger partial charge in [-0.1, -0.05) is 55.8 Å². The van der Waals surface area contributed by atoms with Crippen molar-refractivity contribution in [1.29, 1.82) is 0 Å². The molecule has 2 heteroatoms. The highest BCUT2D eigenvalue weighted by Gasteiger charge is 2.06. The van der Waals surface area contributed by atoms with Gasteiger partial charge in [0.25, 0.3) is 0 Å². The third kappa shape index (κ3) is 4.11. The van der Waals surface area contributed by atoms with Crippen LogP contribution >= 0.6 is 0 Å². The maximum atomic E-state index is 6.14. The zero-order valence-corrected chi connectivity index (χ0v) is 11.4. The van der Waals surface area contributed by atoms with Crippen LogP contribution in [-0.4, -0.2) is 6.61 Å². The Hall–Kier alpha value is -1.80. The Morgan fingerprint density at radius 3 is 2.32 bits per heavy atom. The first-order valence-corrected chi connectivity index (χ1v) is 6.82. The number of nitrogens with two attached hydrogens (primary N) is 1. The van der Waals surface area contributed by atoms with Gasteiger partial charge in [-0.05, 0) is 29.7 Å². The lowest BCUT2D eigenvalue weighted by atomic mass is 10.0. The first-order valence-electron chi connectivity index (χ1n) is 6.82. The van der Waals surface area contributed by atoms with Gasteiger partial charge in [0.05, 0.1) is 6.04 Å². The standard InChI is InChI=1S/C17H21NO/c1-2-6-14-9-11-15(12-10-14)17(18)13-19-16-7-4-3-5-8-16/h3-5,7-12,17H,2,6,13,18H2,1H3. The first-order chi connectivity index (χ1) is 9.29. The van der Waals surface area contributed by atoms with E-state index in [1.54, 1.807) is 0 Å². The molecule has 0 saturated carbocycles. The lowest BCUT2D eigenvalue weighted by molar-refractivity contribution is 0.290. The zero-order valence-electron chi connectivity index (χ0n) is 11.4. The molecule has 0 heterocycles. The first kappa shape index (κ1) is 13.6. The molecule has 0 aliphatic heterocycles. The predicted octanol–water partition coefficient (Wildman–Crippen LogP) is 3.72. The van der Waals surface area contributed by atoms with Crippen LogP contribution in [-0.2, 0) is 6.42 Å². The van der Waals surface area contributed by atoms with E-state index in [1.165, 1.54) is 12.0 Å². The summed E-state index contributed by atoms with van der Waals surface area (Å²) in [5.74, 6) is 0.862. The van der Waals surface area contributed by atoms with E-state index >= 15 is 0 Å². The summed E-state index contributed by atoms with van der Waals surface area (Å²) < 4.78 is 5.67. The molecule has 2 N–H and O–H groups in total. The smallest absolute Gasteiger partial charge is 0.119 e. The van der Waals surface area contributed by atoms with Gasteiger partial charge in [-0.3, -0.25) is 0 Å². The molecule has 100 valence electrons. The van der Waals surface area contributed by atoms with Gasteiger partial charge in [-0.15, -0.1) is 0 Å². The largest absolute Gasteiger partial charge is 0.492 e. The number of benzene rings is 2. The molecule has 1 unspecified atom stereocenters. The summed E-state index contributed by atoms with van der Waals surface area (Å²) in [5.41, 5.74) is 8.63. The number of para-hydroxylation sites is 1. The minimum Gasteiger partial charge on any atom is -0.492 e. The van der Waals surface area contributed by atoms with E-state index in [0.29, 0.717) is 6.61 Å². The van der Waals surface area contributed by atoms with Gasteiger partial charge >= 0.3 is 0 Å². The summed E-state index contributed by atoms with van der Waals surface area (Å²) in [7, 11) is 0. The van der Waals surface area contributed by atoms with E-state index in [0.717, 1.165) is 17.7 Å². The van der Waals surface area contributed by atoms with Gasteiger partial charge in [0.1, 0.15) is 12.4 Å². The van der Waals surface area contributed by atoms with E-state index in [2.05, 4.69) is 31.2 Å². The van der Waals surface area contributed by atoms with E-state index < -0.39 is 0 Å². The molecule has 0 spiro atoms. The molecule has 2 aromatic carbocycles. The maximum Gasteiger partial charge on any atom is 0.119 e. The summed E-state index contributed by atoms with van der Waals surface area (Å²) in [6.07, 6.45) is 2.29. The number of rotatable bonds is 6. The van der Waals surface area contributed by atoms with Crippen molar-refractivity contribution in [1.82, 2.24) is 0 Å². The average Bonchev–Trinajstić information content (AvgIpc) is 2.47. The van der Waals surface area contributed by atoms with Crippen LogP contribution in [0.2, 0.25) is 0 Å². The molecule has 0 radical (unpaired) electrons. The number of hydrogen-bond donors (Lipinski definition) is 1. The van der Waals surface area contributed by atoms with Crippen LogP contribution in [0.3, 0.4) is 0 Å². The Morgan fingerprint density at radius 2 is 1.68 bits per heavy atom. The van der Waals surface area contributed by atoms with Crippen LogP contribution in [0, 0.1) is 0 Å². The van der Waals surface area contributed by atoms with Gasteiger partial charge in [-0.25, -0.2) is 0 Å². The average molecular weight is 255 g/mol. The van der Waals surface area contributed by atoms with Crippen molar-refractivity contribution in [3.63, 3.8) is 0 Å². The second-order valence-corrected chi connectivity index (χ2v) is 4.72. The minimum atomic E-state index is -0.0871. The number of ether oxygens (including phenoxy) is 1. The van der Waals surface area contributed by atoms with Crippen LogP contribution in [0.25, 0.3) is 0 Å². The lowest BCUT2D eigenvalue weighted by Gasteiger charge is -2.14. The summed E-state index contributed by atoms with van der Waals surface area (Å²) in [6, 6.07) is 18.2. The summed E-state index contributed by atoms with van der Waals surface area (Å²) in [5, 5.41) is 0. The van der Waals surface area contributed by atoms with Crippen molar-refractivity contribution < 1.29 is 4.74 Å². The third-order valence-corrected chi connectivity index (χ3v) is 3.12. The van der Waals surface area contributed by atoms with Crippen molar-refractivity contribution in [2.45, 2.75) is 25.8 Å². The normalized spacial score (nSPS) is 12.1. The highest BCUT2D eigenvalue weighted by molar-refractivity contribution is 5.26. The molecular weight excluding hydrogens is 234 g/mol. The molecule has 2 nitrogen and oxygen atoms in total. The molecule has 1 atom stereocenters.